The van der Waals surface area contributed by atoms with E-state index in [1.54, 1.807) is 29.2 Å². The molecule has 2 amide bonds. The van der Waals surface area contributed by atoms with Gasteiger partial charge in [-0.05, 0) is 30.5 Å². The number of rotatable bonds is 5. The zero-order valence-electron chi connectivity index (χ0n) is 16.2. The number of hydrogen-bond acceptors (Lipinski definition) is 4. The maximum atomic E-state index is 13.3. The second-order valence-corrected chi connectivity index (χ2v) is 7.61. The molecular weight excluding hydrogens is 402 g/mol. The molecule has 4 rings (SSSR count). The molecule has 2 aliphatic rings. The predicted molar refractivity (Wildman–Crippen MR) is 114 cm³/mol. The van der Waals surface area contributed by atoms with Crippen LogP contribution in [0, 0.1) is 11.3 Å². The first-order valence-corrected chi connectivity index (χ1v) is 10.2. The summed E-state index contributed by atoms with van der Waals surface area (Å²) in [5.41, 5.74) is 1.93. The van der Waals surface area contributed by atoms with E-state index in [2.05, 4.69) is 5.32 Å². The Morgan fingerprint density at radius 3 is 2.73 bits per heavy atom. The topological polar surface area (TPSA) is 82.4 Å². The van der Waals surface area contributed by atoms with E-state index in [-0.39, 0.29) is 29.7 Å². The molecule has 0 spiro atoms. The maximum absolute atomic E-state index is 13.3. The van der Waals surface area contributed by atoms with E-state index in [1.165, 1.54) is 0 Å². The molecule has 2 heterocycles. The molecule has 1 atom stereocenters. The van der Waals surface area contributed by atoms with Crippen molar-refractivity contribution in [3.8, 4) is 6.07 Å². The van der Waals surface area contributed by atoms with Crippen LogP contribution in [-0.4, -0.2) is 31.1 Å². The SMILES string of the molecule is N#C/C(C(=O)NC[C@H]1CCCO1)=C1\C(=O)N(Cc2ccccc2Cl)c2ccccc21. The van der Waals surface area contributed by atoms with Gasteiger partial charge in [-0.2, -0.15) is 5.26 Å². The molecule has 7 heteroatoms. The van der Waals surface area contributed by atoms with Crippen molar-refractivity contribution in [3.63, 3.8) is 0 Å². The number of para-hydroxylation sites is 1. The normalized spacial score (nSPS) is 19.4. The van der Waals surface area contributed by atoms with Gasteiger partial charge in [0.25, 0.3) is 11.8 Å². The number of ether oxygens (including phenoxy) is 1. The maximum Gasteiger partial charge on any atom is 0.262 e. The molecule has 0 unspecified atom stereocenters. The van der Waals surface area contributed by atoms with Crippen molar-refractivity contribution in [2.45, 2.75) is 25.5 Å². The Morgan fingerprint density at radius 1 is 1.23 bits per heavy atom. The Hall–Kier alpha value is -3.14. The molecule has 2 aromatic rings. The van der Waals surface area contributed by atoms with Crippen LogP contribution in [0.2, 0.25) is 5.02 Å². The Bertz CT molecular complexity index is 1070. The number of nitrogens with one attached hydrogen (secondary N) is 1. The van der Waals surface area contributed by atoms with Gasteiger partial charge in [-0.15, -0.1) is 0 Å². The number of anilines is 1. The lowest BCUT2D eigenvalue weighted by Gasteiger charge is -2.18. The van der Waals surface area contributed by atoms with E-state index < -0.39 is 5.91 Å². The van der Waals surface area contributed by atoms with Gasteiger partial charge in [-0.3, -0.25) is 9.59 Å². The van der Waals surface area contributed by atoms with Gasteiger partial charge in [0, 0.05) is 23.7 Å². The largest absolute Gasteiger partial charge is 0.376 e. The van der Waals surface area contributed by atoms with Gasteiger partial charge in [0.15, 0.2) is 0 Å². The molecule has 1 saturated heterocycles. The van der Waals surface area contributed by atoms with Crippen molar-refractivity contribution >= 4 is 34.7 Å². The zero-order valence-corrected chi connectivity index (χ0v) is 17.0. The number of carbonyl (C=O) groups is 2. The summed E-state index contributed by atoms with van der Waals surface area (Å²) in [6, 6.07) is 16.4. The highest BCUT2D eigenvalue weighted by molar-refractivity contribution is 6.37. The minimum atomic E-state index is -0.564. The number of fused-ring (bicyclic) bond motifs is 1. The Kier molecular flexibility index (Phi) is 5.84. The lowest BCUT2D eigenvalue weighted by Crippen LogP contribution is -2.33. The molecular formula is C23H20ClN3O3. The fourth-order valence-corrected chi connectivity index (χ4v) is 3.99. The fourth-order valence-electron chi connectivity index (χ4n) is 3.80. The number of benzene rings is 2. The average molecular weight is 422 g/mol. The molecule has 6 nitrogen and oxygen atoms in total. The van der Waals surface area contributed by atoms with Crippen LogP contribution in [0.1, 0.15) is 24.0 Å². The molecule has 152 valence electrons. The second kappa shape index (κ2) is 8.70. The van der Waals surface area contributed by atoms with Gasteiger partial charge in [0.05, 0.1) is 23.9 Å². The third kappa shape index (κ3) is 3.82. The summed E-state index contributed by atoms with van der Waals surface area (Å²) in [4.78, 5) is 27.6. The number of halogens is 1. The van der Waals surface area contributed by atoms with Crippen molar-refractivity contribution in [2.75, 3.05) is 18.1 Å². The summed E-state index contributed by atoms with van der Waals surface area (Å²) in [5.74, 6) is -0.953. The van der Waals surface area contributed by atoms with E-state index in [0.717, 1.165) is 18.4 Å². The summed E-state index contributed by atoms with van der Waals surface area (Å²) in [5, 5.41) is 13.0. The van der Waals surface area contributed by atoms with Crippen molar-refractivity contribution in [3.05, 3.63) is 70.3 Å². The molecule has 1 fully saturated rings. The van der Waals surface area contributed by atoms with Gasteiger partial charge >= 0.3 is 0 Å². The molecule has 30 heavy (non-hydrogen) atoms. The van der Waals surface area contributed by atoms with Crippen molar-refractivity contribution in [1.82, 2.24) is 5.32 Å². The number of nitrogens with zero attached hydrogens (tertiary/aromatic N) is 2. The zero-order chi connectivity index (χ0) is 21.1. The van der Waals surface area contributed by atoms with Gasteiger partial charge in [-0.25, -0.2) is 0 Å². The number of hydrogen-bond donors (Lipinski definition) is 1. The van der Waals surface area contributed by atoms with E-state index in [1.807, 2.05) is 30.3 Å². The molecule has 2 aliphatic heterocycles. The first-order chi connectivity index (χ1) is 14.6. The average Bonchev–Trinajstić information content (AvgIpc) is 3.37. The summed E-state index contributed by atoms with van der Waals surface area (Å²) >= 11 is 6.28. The standard InChI is InChI=1S/C23H20ClN3O3/c24-19-9-3-1-6-15(19)14-27-20-10-4-2-8-17(20)21(23(27)29)18(12-25)22(28)26-13-16-7-5-11-30-16/h1-4,6,8-10,16H,5,7,11,13-14H2,(H,26,28)/b21-18+/t16-/m1/s1. The van der Waals surface area contributed by atoms with Crippen LogP contribution < -0.4 is 10.2 Å². The summed E-state index contributed by atoms with van der Waals surface area (Å²) in [6.45, 7) is 1.24. The summed E-state index contributed by atoms with van der Waals surface area (Å²) in [6.07, 6.45) is 1.77. The van der Waals surface area contributed by atoms with Crippen LogP contribution in [0.4, 0.5) is 5.69 Å². The van der Waals surface area contributed by atoms with Gasteiger partial charge < -0.3 is 15.0 Å². The second-order valence-electron chi connectivity index (χ2n) is 7.21. The van der Waals surface area contributed by atoms with Crippen LogP contribution in [0.15, 0.2) is 54.1 Å². The molecule has 0 aliphatic carbocycles. The van der Waals surface area contributed by atoms with Gasteiger partial charge in [0.1, 0.15) is 11.6 Å². The van der Waals surface area contributed by atoms with Gasteiger partial charge in [0.2, 0.25) is 0 Å². The number of amides is 2. The lowest BCUT2D eigenvalue weighted by atomic mass is 10.0. The highest BCUT2D eigenvalue weighted by Crippen LogP contribution is 2.39. The highest BCUT2D eigenvalue weighted by atomic mass is 35.5. The molecule has 0 saturated carbocycles. The Morgan fingerprint density at radius 2 is 2.00 bits per heavy atom. The first-order valence-electron chi connectivity index (χ1n) is 9.79. The highest BCUT2D eigenvalue weighted by Gasteiger charge is 2.36. The van der Waals surface area contributed by atoms with E-state index in [9.17, 15) is 14.9 Å². The minimum Gasteiger partial charge on any atom is -0.376 e. The predicted octanol–water partition coefficient (Wildman–Crippen LogP) is 3.46. The lowest BCUT2D eigenvalue weighted by molar-refractivity contribution is -0.118. The monoisotopic (exact) mass is 421 g/mol. The van der Waals surface area contributed by atoms with Gasteiger partial charge in [-0.1, -0.05) is 48.0 Å². The van der Waals surface area contributed by atoms with E-state index in [0.29, 0.717) is 29.4 Å². The summed E-state index contributed by atoms with van der Waals surface area (Å²) < 4.78 is 5.51. The quantitative estimate of drug-likeness (QED) is 0.592. The molecule has 0 radical (unpaired) electrons. The molecule has 0 aromatic heterocycles. The molecule has 2 aromatic carbocycles. The molecule has 1 N–H and O–H groups in total. The third-order valence-electron chi connectivity index (χ3n) is 5.31. The number of carbonyl (C=O) groups excluding carboxylic acids is 2. The van der Waals surface area contributed by atoms with Crippen molar-refractivity contribution in [1.29, 1.82) is 5.26 Å². The Labute approximate surface area is 179 Å². The smallest absolute Gasteiger partial charge is 0.262 e. The number of nitriles is 1. The minimum absolute atomic E-state index is 0.0535. The first kappa shape index (κ1) is 20.1. The van der Waals surface area contributed by atoms with Crippen molar-refractivity contribution in [2.24, 2.45) is 0 Å². The van der Waals surface area contributed by atoms with E-state index >= 15 is 0 Å². The summed E-state index contributed by atoms with van der Waals surface area (Å²) in [7, 11) is 0. The third-order valence-corrected chi connectivity index (χ3v) is 5.68. The van der Waals surface area contributed by atoms with Crippen LogP contribution in [0.5, 0.6) is 0 Å². The van der Waals surface area contributed by atoms with Crippen LogP contribution >= 0.6 is 11.6 Å². The molecule has 0 bridgehead atoms. The Balaban J connectivity index is 1.66. The van der Waals surface area contributed by atoms with Crippen LogP contribution in [0.25, 0.3) is 5.57 Å². The van der Waals surface area contributed by atoms with Crippen molar-refractivity contribution < 1.29 is 14.3 Å². The van der Waals surface area contributed by atoms with Crippen LogP contribution in [-0.2, 0) is 20.9 Å². The fraction of sp³-hybridized carbons (Fsp3) is 0.261. The van der Waals surface area contributed by atoms with E-state index in [4.69, 9.17) is 16.3 Å². The van der Waals surface area contributed by atoms with Crippen LogP contribution in [0.3, 0.4) is 0 Å².